The smallest absolute Gasteiger partial charge is 0.222 e. The van der Waals surface area contributed by atoms with Crippen LogP contribution >= 0.6 is 0 Å². The van der Waals surface area contributed by atoms with E-state index in [0.717, 1.165) is 24.1 Å². The maximum atomic E-state index is 9.97. The van der Waals surface area contributed by atoms with Crippen LogP contribution in [0.1, 0.15) is 24.0 Å². The zero-order valence-electron chi connectivity index (χ0n) is 13.6. The SMILES string of the molecule is O[C@H]1CCN[C@H]([C@@H]2COC(c3ccccc3)(c3ccccc3)O2)C1. The number of piperidine rings is 1. The Kier molecular flexibility index (Phi) is 4.37. The second-order valence-corrected chi connectivity index (χ2v) is 6.55. The van der Waals surface area contributed by atoms with Gasteiger partial charge in [-0.25, -0.2) is 0 Å². The normalized spacial score (nSPS) is 29.5. The lowest BCUT2D eigenvalue weighted by molar-refractivity contribution is -0.147. The predicted molar refractivity (Wildman–Crippen MR) is 91.5 cm³/mol. The van der Waals surface area contributed by atoms with Crippen molar-refractivity contribution in [1.29, 1.82) is 0 Å². The maximum absolute atomic E-state index is 9.97. The number of aliphatic hydroxyl groups excluding tert-OH is 1. The van der Waals surface area contributed by atoms with Gasteiger partial charge in [-0.15, -0.1) is 0 Å². The van der Waals surface area contributed by atoms with Crippen LogP contribution in [0.2, 0.25) is 0 Å². The minimum Gasteiger partial charge on any atom is -0.393 e. The highest BCUT2D eigenvalue weighted by Gasteiger charge is 2.47. The largest absolute Gasteiger partial charge is 0.393 e. The molecule has 2 heterocycles. The van der Waals surface area contributed by atoms with Crippen molar-refractivity contribution in [3.63, 3.8) is 0 Å². The Morgan fingerprint density at radius 1 is 0.958 bits per heavy atom. The van der Waals surface area contributed by atoms with Gasteiger partial charge in [0.05, 0.1) is 12.7 Å². The summed E-state index contributed by atoms with van der Waals surface area (Å²) in [6, 6.07) is 20.3. The summed E-state index contributed by atoms with van der Waals surface area (Å²) in [5.41, 5.74) is 1.99. The Labute approximate surface area is 142 Å². The minimum absolute atomic E-state index is 0.0830. The van der Waals surface area contributed by atoms with E-state index in [1.807, 2.05) is 60.7 Å². The standard InChI is InChI=1S/C20H23NO3/c22-17-11-12-21-18(13-17)19-14-23-20(24-19,15-7-3-1-4-8-15)16-9-5-2-6-10-16/h1-10,17-19,21-22H,11-14H2/t17-,18-,19-/m0/s1. The van der Waals surface area contributed by atoms with Gasteiger partial charge in [0.2, 0.25) is 5.79 Å². The van der Waals surface area contributed by atoms with Crippen molar-refractivity contribution >= 4 is 0 Å². The van der Waals surface area contributed by atoms with Gasteiger partial charge in [-0.2, -0.15) is 0 Å². The summed E-state index contributed by atoms with van der Waals surface area (Å²) in [6.07, 6.45) is 1.16. The van der Waals surface area contributed by atoms with Crippen LogP contribution in [0.5, 0.6) is 0 Å². The van der Waals surface area contributed by atoms with Gasteiger partial charge in [0.1, 0.15) is 6.10 Å². The molecule has 0 amide bonds. The van der Waals surface area contributed by atoms with E-state index in [0.29, 0.717) is 13.0 Å². The first kappa shape index (κ1) is 15.8. The topological polar surface area (TPSA) is 50.7 Å². The molecule has 0 spiro atoms. The highest BCUT2D eigenvalue weighted by molar-refractivity contribution is 5.34. The molecule has 0 aromatic heterocycles. The second kappa shape index (κ2) is 6.65. The van der Waals surface area contributed by atoms with Crippen molar-refractivity contribution < 1.29 is 14.6 Å². The van der Waals surface area contributed by atoms with Gasteiger partial charge in [-0.1, -0.05) is 60.7 Å². The van der Waals surface area contributed by atoms with Crippen molar-refractivity contribution in [2.45, 2.75) is 36.9 Å². The van der Waals surface area contributed by atoms with Crippen molar-refractivity contribution in [2.24, 2.45) is 0 Å². The summed E-state index contributed by atoms with van der Waals surface area (Å²) >= 11 is 0. The number of hydrogen-bond donors (Lipinski definition) is 2. The van der Waals surface area contributed by atoms with Crippen molar-refractivity contribution in [3.05, 3.63) is 71.8 Å². The molecule has 2 saturated heterocycles. The van der Waals surface area contributed by atoms with E-state index in [-0.39, 0.29) is 18.2 Å². The number of ether oxygens (including phenoxy) is 2. The van der Waals surface area contributed by atoms with Crippen LogP contribution in [0.25, 0.3) is 0 Å². The van der Waals surface area contributed by atoms with E-state index in [4.69, 9.17) is 9.47 Å². The van der Waals surface area contributed by atoms with Crippen molar-refractivity contribution in [1.82, 2.24) is 5.32 Å². The van der Waals surface area contributed by atoms with Gasteiger partial charge in [-0.3, -0.25) is 0 Å². The third-order valence-corrected chi connectivity index (χ3v) is 4.93. The van der Waals surface area contributed by atoms with Crippen LogP contribution in [-0.2, 0) is 15.3 Å². The molecule has 2 N–H and O–H groups in total. The van der Waals surface area contributed by atoms with Crippen LogP contribution in [-0.4, -0.2) is 36.5 Å². The molecule has 2 aromatic rings. The van der Waals surface area contributed by atoms with Crippen LogP contribution in [0, 0.1) is 0 Å². The van der Waals surface area contributed by atoms with Gasteiger partial charge in [0.25, 0.3) is 0 Å². The number of nitrogens with one attached hydrogen (secondary N) is 1. The molecular weight excluding hydrogens is 302 g/mol. The summed E-state index contributed by atoms with van der Waals surface area (Å²) in [5.74, 6) is -0.878. The fourth-order valence-electron chi connectivity index (χ4n) is 3.68. The monoisotopic (exact) mass is 325 g/mol. The Balaban J connectivity index is 1.66. The molecule has 0 radical (unpaired) electrons. The summed E-state index contributed by atoms with van der Waals surface area (Å²) in [6.45, 7) is 1.32. The molecule has 0 aliphatic carbocycles. The van der Waals surface area contributed by atoms with Gasteiger partial charge >= 0.3 is 0 Å². The second-order valence-electron chi connectivity index (χ2n) is 6.55. The summed E-state index contributed by atoms with van der Waals surface area (Å²) in [4.78, 5) is 0. The van der Waals surface area contributed by atoms with Crippen LogP contribution in [0.3, 0.4) is 0 Å². The highest BCUT2D eigenvalue weighted by atomic mass is 16.7. The quantitative estimate of drug-likeness (QED) is 0.910. The lowest BCUT2D eigenvalue weighted by Crippen LogP contribution is -2.48. The average molecular weight is 325 g/mol. The minimum atomic E-state index is -0.878. The fraction of sp³-hybridized carbons (Fsp3) is 0.400. The number of benzene rings is 2. The van der Waals surface area contributed by atoms with E-state index < -0.39 is 5.79 Å². The number of aliphatic hydroxyl groups is 1. The van der Waals surface area contributed by atoms with Crippen LogP contribution < -0.4 is 5.32 Å². The Morgan fingerprint density at radius 2 is 1.58 bits per heavy atom. The first-order valence-electron chi connectivity index (χ1n) is 8.62. The lowest BCUT2D eigenvalue weighted by atomic mass is 9.96. The van der Waals surface area contributed by atoms with E-state index in [1.54, 1.807) is 0 Å². The first-order valence-corrected chi connectivity index (χ1v) is 8.62. The van der Waals surface area contributed by atoms with Gasteiger partial charge in [0, 0.05) is 17.2 Å². The molecule has 2 fully saturated rings. The molecule has 0 bridgehead atoms. The van der Waals surface area contributed by atoms with Crippen molar-refractivity contribution in [2.75, 3.05) is 13.2 Å². The summed E-state index contributed by atoms with van der Waals surface area (Å²) in [5, 5.41) is 13.4. The number of hydrogen-bond acceptors (Lipinski definition) is 4. The fourth-order valence-corrected chi connectivity index (χ4v) is 3.68. The van der Waals surface area contributed by atoms with Crippen molar-refractivity contribution in [3.8, 4) is 0 Å². The van der Waals surface area contributed by atoms with E-state index in [1.165, 1.54) is 0 Å². The molecule has 4 heteroatoms. The molecule has 2 aliphatic heterocycles. The molecular formula is C20H23NO3. The Hall–Kier alpha value is -1.72. The maximum Gasteiger partial charge on any atom is 0.222 e. The van der Waals surface area contributed by atoms with Crippen LogP contribution in [0.4, 0.5) is 0 Å². The molecule has 3 atom stereocenters. The molecule has 0 unspecified atom stereocenters. The summed E-state index contributed by atoms with van der Waals surface area (Å²) in [7, 11) is 0. The van der Waals surface area contributed by atoms with E-state index >= 15 is 0 Å². The predicted octanol–water partition coefficient (Wildman–Crippen LogP) is 2.42. The molecule has 24 heavy (non-hydrogen) atoms. The molecule has 4 nitrogen and oxygen atoms in total. The van der Waals surface area contributed by atoms with E-state index in [2.05, 4.69) is 5.32 Å². The third-order valence-electron chi connectivity index (χ3n) is 4.93. The lowest BCUT2D eigenvalue weighted by Gasteiger charge is -2.33. The van der Waals surface area contributed by atoms with E-state index in [9.17, 15) is 5.11 Å². The number of rotatable bonds is 3. The van der Waals surface area contributed by atoms with Gasteiger partial charge in [-0.05, 0) is 19.4 Å². The Morgan fingerprint density at radius 3 is 2.17 bits per heavy atom. The molecule has 0 saturated carbocycles. The Bertz CT molecular complexity index is 622. The highest BCUT2D eigenvalue weighted by Crippen LogP contribution is 2.41. The summed E-state index contributed by atoms with van der Waals surface area (Å²) < 4.78 is 12.8. The molecule has 4 rings (SSSR count). The molecule has 2 aliphatic rings. The molecule has 2 aromatic carbocycles. The molecule has 126 valence electrons. The van der Waals surface area contributed by atoms with Gasteiger partial charge in [0.15, 0.2) is 0 Å². The first-order chi connectivity index (χ1) is 11.8. The zero-order valence-corrected chi connectivity index (χ0v) is 13.6. The average Bonchev–Trinajstić information content (AvgIpc) is 3.10. The van der Waals surface area contributed by atoms with Crippen LogP contribution in [0.15, 0.2) is 60.7 Å². The zero-order chi connectivity index (χ0) is 16.4. The third kappa shape index (κ3) is 2.87. The van der Waals surface area contributed by atoms with Gasteiger partial charge < -0.3 is 19.9 Å².